The number of carbonyl (C=O) groups is 1. The van der Waals surface area contributed by atoms with Crippen molar-refractivity contribution in [3.05, 3.63) is 42.7 Å². The van der Waals surface area contributed by atoms with Crippen LogP contribution in [0.15, 0.2) is 36.9 Å². The number of hydrogen-bond donors (Lipinski definition) is 0. The first-order valence-corrected chi connectivity index (χ1v) is 5.66. The second-order valence-electron chi connectivity index (χ2n) is 3.61. The normalized spacial score (nSPS) is 10.1. The molecule has 2 rings (SSSR count). The molecule has 2 aromatic heterocycles. The van der Waals surface area contributed by atoms with Gasteiger partial charge in [0.05, 0.1) is 6.61 Å². The third-order valence-electron chi connectivity index (χ3n) is 2.31. The summed E-state index contributed by atoms with van der Waals surface area (Å²) in [4.78, 5) is 23.6. The topological polar surface area (TPSA) is 65.0 Å². The van der Waals surface area contributed by atoms with Crippen LogP contribution in [0.5, 0.6) is 0 Å². The van der Waals surface area contributed by atoms with Gasteiger partial charge in [0.15, 0.2) is 0 Å². The molecule has 0 saturated carbocycles. The van der Waals surface area contributed by atoms with E-state index in [0.29, 0.717) is 12.4 Å². The second-order valence-corrected chi connectivity index (χ2v) is 3.61. The lowest BCUT2D eigenvalue weighted by atomic mass is 10.1. The lowest BCUT2D eigenvalue weighted by Gasteiger charge is -2.02. The van der Waals surface area contributed by atoms with Crippen LogP contribution in [0.25, 0.3) is 11.1 Å². The highest BCUT2D eigenvalue weighted by Crippen LogP contribution is 2.15. The fourth-order valence-electron chi connectivity index (χ4n) is 1.47. The number of pyridine rings is 1. The lowest BCUT2D eigenvalue weighted by molar-refractivity contribution is -0.142. The van der Waals surface area contributed by atoms with Crippen molar-refractivity contribution in [3.8, 4) is 11.1 Å². The summed E-state index contributed by atoms with van der Waals surface area (Å²) in [6, 6.07) is 3.78. The Morgan fingerprint density at radius 3 is 2.61 bits per heavy atom. The molecule has 18 heavy (non-hydrogen) atoms. The van der Waals surface area contributed by atoms with Gasteiger partial charge < -0.3 is 4.74 Å². The van der Waals surface area contributed by atoms with Crippen molar-refractivity contribution in [1.29, 1.82) is 0 Å². The fourth-order valence-corrected chi connectivity index (χ4v) is 1.47. The summed E-state index contributed by atoms with van der Waals surface area (Å²) in [7, 11) is 0. The van der Waals surface area contributed by atoms with Crippen molar-refractivity contribution in [3.63, 3.8) is 0 Å². The lowest BCUT2D eigenvalue weighted by Crippen LogP contribution is -2.10. The van der Waals surface area contributed by atoms with E-state index < -0.39 is 0 Å². The minimum Gasteiger partial charge on any atom is -0.466 e. The molecule has 0 spiro atoms. The number of hydrogen-bond acceptors (Lipinski definition) is 5. The van der Waals surface area contributed by atoms with Gasteiger partial charge in [0.2, 0.25) is 0 Å². The Kier molecular flexibility index (Phi) is 3.96. The summed E-state index contributed by atoms with van der Waals surface area (Å²) >= 11 is 0. The number of carbonyl (C=O) groups excluding carboxylic acids is 1. The highest BCUT2D eigenvalue weighted by molar-refractivity contribution is 5.71. The highest BCUT2D eigenvalue weighted by atomic mass is 16.5. The summed E-state index contributed by atoms with van der Waals surface area (Å²) in [6.45, 7) is 2.14. The first kappa shape index (κ1) is 12.2. The van der Waals surface area contributed by atoms with Crippen LogP contribution in [0.2, 0.25) is 0 Å². The van der Waals surface area contributed by atoms with Crippen LogP contribution in [-0.2, 0) is 16.0 Å². The third-order valence-corrected chi connectivity index (χ3v) is 2.31. The molecule has 0 aliphatic rings. The molecular weight excluding hydrogens is 230 g/mol. The molecule has 0 bridgehead atoms. The van der Waals surface area contributed by atoms with E-state index in [9.17, 15) is 4.79 Å². The molecule has 0 atom stereocenters. The quantitative estimate of drug-likeness (QED) is 0.764. The highest BCUT2D eigenvalue weighted by Gasteiger charge is 2.06. The second kappa shape index (κ2) is 5.86. The molecule has 5 heteroatoms. The van der Waals surface area contributed by atoms with Crippen molar-refractivity contribution in [2.45, 2.75) is 13.3 Å². The maximum atomic E-state index is 11.3. The average molecular weight is 243 g/mol. The average Bonchev–Trinajstić information content (AvgIpc) is 2.41. The molecule has 0 aliphatic carbocycles. The number of esters is 1. The van der Waals surface area contributed by atoms with Crippen LogP contribution < -0.4 is 0 Å². The van der Waals surface area contributed by atoms with Gasteiger partial charge in [0, 0.05) is 35.9 Å². The Bertz CT molecular complexity index is 512. The van der Waals surface area contributed by atoms with E-state index in [1.165, 1.54) is 0 Å². The smallest absolute Gasteiger partial charge is 0.313 e. The molecule has 0 aliphatic heterocycles. The Morgan fingerprint density at radius 2 is 2.00 bits per heavy atom. The molecular formula is C13H13N3O2. The first-order chi connectivity index (χ1) is 8.79. The van der Waals surface area contributed by atoms with Crippen LogP contribution in [0.3, 0.4) is 0 Å². The monoisotopic (exact) mass is 243 g/mol. The molecule has 0 unspecified atom stereocenters. The van der Waals surface area contributed by atoms with Gasteiger partial charge in [-0.2, -0.15) is 0 Å². The van der Waals surface area contributed by atoms with Gasteiger partial charge in [0.1, 0.15) is 12.2 Å². The van der Waals surface area contributed by atoms with Gasteiger partial charge in [-0.25, -0.2) is 9.97 Å². The first-order valence-electron chi connectivity index (χ1n) is 5.66. The third kappa shape index (κ3) is 3.10. The van der Waals surface area contributed by atoms with Gasteiger partial charge in [0.25, 0.3) is 0 Å². The molecule has 0 amide bonds. The molecule has 0 saturated heterocycles. The maximum absolute atomic E-state index is 11.3. The number of rotatable bonds is 4. The fraction of sp³-hybridized carbons (Fsp3) is 0.231. The molecule has 0 radical (unpaired) electrons. The van der Waals surface area contributed by atoms with Gasteiger partial charge in [-0.1, -0.05) is 6.07 Å². The van der Waals surface area contributed by atoms with Crippen molar-refractivity contribution in [2.75, 3.05) is 6.61 Å². The van der Waals surface area contributed by atoms with Gasteiger partial charge in [-0.3, -0.25) is 9.78 Å². The van der Waals surface area contributed by atoms with Crippen molar-refractivity contribution in [1.82, 2.24) is 15.0 Å². The number of aromatic nitrogens is 3. The minimum atomic E-state index is -0.313. The van der Waals surface area contributed by atoms with Gasteiger partial charge in [-0.05, 0) is 13.0 Å². The van der Waals surface area contributed by atoms with Crippen LogP contribution in [0.1, 0.15) is 12.7 Å². The number of nitrogens with zero attached hydrogens (tertiary/aromatic N) is 3. The summed E-state index contributed by atoms with van der Waals surface area (Å²) < 4.78 is 4.83. The summed E-state index contributed by atoms with van der Waals surface area (Å²) in [5, 5.41) is 0. The Hall–Kier alpha value is -2.30. The van der Waals surface area contributed by atoms with Crippen LogP contribution in [-0.4, -0.2) is 27.5 Å². The maximum Gasteiger partial charge on any atom is 0.313 e. The van der Waals surface area contributed by atoms with Crippen molar-refractivity contribution >= 4 is 5.97 Å². The van der Waals surface area contributed by atoms with E-state index in [4.69, 9.17) is 4.74 Å². The van der Waals surface area contributed by atoms with E-state index in [-0.39, 0.29) is 12.4 Å². The van der Waals surface area contributed by atoms with Gasteiger partial charge >= 0.3 is 5.97 Å². The standard InChI is InChI=1S/C13H13N3O2/c1-2-18-13(17)6-12-15-8-11(9-16-12)10-4-3-5-14-7-10/h3-5,7-9H,2,6H2,1H3. The summed E-state index contributed by atoms with van der Waals surface area (Å²) in [5.74, 6) is 0.146. The zero-order valence-corrected chi connectivity index (χ0v) is 10.0. The van der Waals surface area contributed by atoms with E-state index in [0.717, 1.165) is 11.1 Å². The van der Waals surface area contributed by atoms with E-state index in [1.54, 1.807) is 31.7 Å². The number of ether oxygens (including phenoxy) is 1. The summed E-state index contributed by atoms with van der Waals surface area (Å²) in [5.41, 5.74) is 1.82. The minimum absolute atomic E-state index is 0.0984. The molecule has 5 nitrogen and oxygen atoms in total. The largest absolute Gasteiger partial charge is 0.466 e. The molecule has 2 heterocycles. The molecule has 0 aromatic carbocycles. The zero-order valence-electron chi connectivity index (χ0n) is 10.0. The predicted molar refractivity (Wildman–Crippen MR) is 65.6 cm³/mol. The predicted octanol–water partition coefficient (Wildman–Crippen LogP) is 1.64. The Morgan fingerprint density at radius 1 is 1.22 bits per heavy atom. The van der Waals surface area contributed by atoms with Crippen LogP contribution in [0, 0.1) is 0 Å². The van der Waals surface area contributed by atoms with Crippen molar-refractivity contribution in [2.24, 2.45) is 0 Å². The molecule has 0 fully saturated rings. The molecule has 0 N–H and O–H groups in total. The van der Waals surface area contributed by atoms with E-state index >= 15 is 0 Å². The van der Waals surface area contributed by atoms with Crippen LogP contribution >= 0.6 is 0 Å². The molecule has 92 valence electrons. The Labute approximate surface area is 105 Å². The van der Waals surface area contributed by atoms with Crippen LogP contribution in [0.4, 0.5) is 0 Å². The van der Waals surface area contributed by atoms with E-state index in [1.807, 2.05) is 12.1 Å². The summed E-state index contributed by atoms with van der Waals surface area (Å²) in [6.07, 6.45) is 6.90. The SMILES string of the molecule is CCOC(=O)Cc1ncc(-c2cccnc2)cn1. The zero-order chi connectivity index (χ0) is 12.8. The van der Waals surface area contributed by atoms with Crippen molar-refractivity contribution < 1.29 is 9.53 Å². The van der Waals surface area contributed by atoms with Gasteiger partial charge in [-0.15, -0.1) is 0 Å². The van der Waals surface area contributed by atoms with E-state index in [2.05, 4.69) is 15.0 Å². The Balaban J connectivity index is 2.09. The molecule has 2 aromatic rings.